The van der Waals surface area contributed by atoms with Crippen LogP contribution >= 0.6 is 0 Å². The fourth-order valence-corrected chi connectivity index (χ4v) is 2.08. The number of hydrogen-bond acceptors (Lipinski definition) is 2. The Morgan fingerprint density at radius 2 is 1.37 bits per heavy atom. The van der Waals surface area contributed by atoms with Crippen molar-refractivity contribution in [3.8, 4) is 22.5 Å². The molecule has 0 bridgehead atoms. The summed E-state index contributed by atoms with van der Waals surface area (Å²) in [5.41, 5.74) is 2.78. The fourth-order valence-electron chi connectivity index (χ4n) is 2.08. The summed E-state index contributed by atoms with van der Waals surface area (Å²) in [6.07, 6.45) is 0.759. The minimum Gasteiger partial charge on any atom is -0.453 e. The van der Waals surface area contributed by atoms with E-state index < -0.39 is 0 Å². The first-order valence-corrected chi connectivity index (χ1v) is 6.08. The molecule has 1 aromatic heterocycles. The average molecular weight is 248 g/mol. The van der Waals surface area contributed by atoms with Gasteiger partial charge in [-0.25, -0.2) is 0 Å². The Hall–Kier alpha value is -2.61. The SMILES string of the molecule is O=Cc1oc(-c2ccccc2)cc1-c1ccccc1. The van der Waals surface area contributed by atoms with Crippen molar-refractivity contribution in [1.29, 1.82) is 0 Å². The van der Waals surface area contributed by atoms with Gasteiger partial charge in [0.25, 0.3) is 0 Å². The molecule has 0 spiro atoms. The molecule has 0 saturated heterocycles. The molecule has 2 aromatic carbocycles. The zero-order chi connectivity index (χ0) is 13.1. The lowest BCUT2D eigenvalue weighted by Crippen LogP contribution is -1.79. The number of furan rings is 1. The Bertz CT molecular complexity index is 682. The quantitative estimate of drug-likeness (QED) is 0.642. The number of aldehydes is 1. The monoisotopic (exact) mass is 248 g/mol. The van der Waals surface area contributed by atoms with Gasteiger partial charge in [0.15, 0.2) is 12.0 Å². The summed E-state index contributed by atoms with van der Waals surface area (Å²) in [5.74, 6) is 1.08. The lowest BCUT2D eigenvalue weighted by atomic mass is 10.1. The van der Waals surface area contributed by atoms with Gasteiger partial charge < -0.3 is 4.42 Å². The van der Waals surface area contributed by atoms with Crippen LogP contribution in [0.2, 0.25) is 0 Å². The largest absolute Gasteiger partial charge is 0.453 e. The van der Waals surface area contributed by atoms with Gasteiger partial charge in [-0.2, -0.15) is 0 Å². The number of hydrogen-bond donors (Lipinski definition) is 0. The maximum absolute atomic E-state index is 11.2. The van der Waals surface area contributed by atoms with Gasteiger partial charge in [-0.3, -0.25) is 4.79 Å². The minimum absolute atomic E-state index is 0.366. The summed E-state index contributed by atoms with van der Waals surface area (Å²) in [6.45, 7) is 0. The summed E-state index contributed by atoms with van der Waals surface area (Å²) >= 11 is 0. The summed E-state index contributed by atoms with van der Waals surface area (Å²) in [5, 5.41) is 0. The third-order valence-corrected chi connectivity index (χ3v) is 3.01. The molecule has 92 valence electrons. The highest BCUT2D eigenvalue weighted by Crippen LogP contribution is 2.31. The van der Waals surface area contributed by atoms with E-state index in [0.717, 1.165) is 23.0 Å². The first-order valence-electron chi connectivity index (χ1n) is 6.08. The van der Waals surface area contributed by atoms with E-state index in [-0.39, 0.29) is 0 Å². The molecule has 0 aliphatic heterocycles. The van der Waals surface area contributed by atoms with Crippen LogP contribution in [-0.2, 0) is 0 Å². The number of carbonyl (C=O) groups excluding carboxylic acids is 1. The highest BCUT2D eigenvalue weighted by atomic mass is 16.3. The van der Waals surface area contributed by atoms with Crippen LogP contribution in [0.4, 0.5) is 0 Å². The van der Waals surface area contributed by atoms with Crippen LogP contribution in [-0.4, -0.2) is 6.29 Å². The van der Waals surface area contributed by atoms with Gasteiger partial charge >= 0.3 is 0 Å². The summed E-state index contributed by atoms with van der Waals surface area (Å²) in [4.78, 5) is 11.2. The van der Waals surface area contributed by atoms with E-state index in [2.05, 4.69) is 0 Å². The van der Waals surface area contributed by atoms with Gasteiger partial charge in [-0.05, 0) is 11.6 Å². The second-order valence-corrected chi connectivity index (χ2v) is 4.24. The Morgan fingerprint density at radius 1 is 0.789 bits per heavy atom. The second-order valence-electron chi connectivity index (χ2n) is 4.24. The molecule has 0 saturated carbocycles. The molecule has 19 heavy (non-hydrogen) atoms. The van der Waals surface area contributed by atoms with Crippen LogP contribution in [0.25, 0.3) is 22.5 Å². The van der Waals surface area contributed by atoms with Crippen molar-refractivity contribution in [2.45, 2.75) is 0 Å². The number of rotatable bonds is 3. The standard InChI is InChI=1S/C17H12O2/c18-12-17-15(13-7-3-1-4-8-13)11-16(19-17)14-9-5-2-6-10-14/h1-12H. The van der Waals surface area contributed by atoms with E-state index >= 15 is 0 Å². The molecule has 3 rings (SSSR count). The van der Waals surface area contributed by atoms with Gasteiger partial charge in [0.05, 0.1) is 0 Å². The van der Waals surface area contributed by atoms with Crippen LogP contribution in [0.15, 0.2) is 71.1 Å². The average Bonchev–Trinajstić information content (AvgIpc) is 2.93. The topological polar surface area (TPSA) is 30.2 Å². The Labute approximate surface area is 111 Å². The Kier molecular flexibility index (Phi) is 2.99. The number of carbonyl (C=O) groups is 1. The Balaban J connectivity index is 2.12. The van der Waals surface area contributed by atoms with E-state index in [1.54, 1.807) is 0 Å². The van der Waals surface area contributed by atoms with Crippen molar-refractivity contribution in [3.63, 3.8) is 0 Å². The van der Waals surface area contributed by atoms with Crippen LogP contribution in [0.3, 0.4) is 0 Å². The molecule has 0 amide bonds. The maximum atomic E-state index is 11.2. The van der Waals surface area contributed by atoms with E-state index in [4.69, 9.17) is 4.42 Å². The molecule has 1 heterocycles. The first kappa shape index (κ1) is 11.5. The van der Waals surface area contributed by atoms with Gasteiger partial charge in [-0.1, -0.05) is 60.7 Å². The van der Waals surface area contributed by atoms with Gasteiger partial charge in [0.2, 0.25) is 0 Å². The summed E-state index contributed by atoms with van der Waals surface area (Å²) < 4.78 is 5.64. The van der Waals surface area contributed by atoms with Crippen LogP contribution in [0.5, 0.6) is 0 Å². The molecular formula is C17H12O2. The minimum atomic E-state index is 0.366. The first-order chi connectivity index (χ1) is 9.38. The third-order valence-electron chi connectivity index (χ3n) is 3.01. The maximum Gasteiger partial charge on any atom is 0.185 e. The molecule has 2 nitrogen and oxygen atoms in total. The molecule has 0 aliphatic rings. The van der Waals surface area contributed by atoms with Crippen molar-refractivity contribution >= 4 is 6.29 Å². The van der Waals surface area contributed by atoms with Crippen molar-refractivity contribution in [1.82, 2.24) is 0 Å². The normalized spacial score (nSPS) is 10.3. The van der Waals surface area contributed by atoms with Crippen molar-refractivity contribution in [2.24, 2.45) is 0 Å². The van der Waals surface area contributed by atoms with Crippen LogP contribution in [0, 0.1) is 0 Å². The molecule has 0 unspecified atom stereocenters. The predicted molar refractivity (Wildman–Crippen MR) is 75.0 cm³/mol. The molecule has 0 N–H and O–H groups in total. The van der Waals surface area contributed by atoms with Gasteiger partial charge in [-0.15, -0.1) is 0 Å². The molecule has 0 atom stereocenters. The molecule has 0 fully saturated rings. The van der Waals surface area contributed by atoms with E-state index in [9.17, 15) is 4.79 Å². The molecule has 3 aromatic rings. The molecule has 0 radical (unpaired) electrons. The zero-order valence-corrected chi connectivity index (χ0v) is 10.2. The third kappa shape index (κ3) is 2.20. The van der Waals surface area contributed by atoms with E-state index in [0.29, 0.717) is 11.5 Å². The summed E-state index contributed by atoms with van der Waals surface area (Å²) in [6, 6.07) is 21.4. The highest BCUT2D eigenvalue weighted by molar-refractivity contribution is 5.86. The van der Waals surface area contributed by atoms with Gasteiger partial charge in [0, 0.05) is 11.1 Å². The van der Waals surface area contributed by atoms with E-state index in [1.165, 1.54) is 0 Å². The Morgan fingerprint density at radius 3 is 1.95 bits per heavy atom. The van der Waals surface area contributed by atoms with Gasteiger partial charge in [0.1, 0.15) is 5.76 Å². The predicted octanol–water partition coefficient (Wildman–Crippen LogP) is 4.43. The van der Waals surface area contributed by atoms with Crippen LogP contribution < -0.4 is 0 Å². The smallest absolute Gasteiger partial charge is 0.185 e. The zero-order valence-electron chi connectivity index (χ0n) is 10.2. The number of benzene rings is 2. The lowest BCUT2D eigenvalue weighted by molar-refractivity contribution is 0.110. The molecular weight excluding hydrogens is 236 g/mol. The van der Waals surface area contributed by atoms with Crippen molar-refractivity contribution < 1.29 is 9.21 Å². The fraction of sp³-hybridized carbons (Fsp3) is 0. The van der Waals surface area contributed by atoms with Crippen molar-refractivity contribution in [2.75, 3.05) is 0 Å². The molecule has 2 heteroatoms. The lowest BCUT2D eigenvalue weighted by Gasteiger charge is -1.95. The van der Waals surface area contributed by atoms with Crippen molar-refractivity contribution in [3.05, 3.63) is 72.5 Å². The molecule has 0 aliphatic carbocycles. The summed E-state index contributed by atoms with van der Waals surface area (Å²) in [7, 11) is 0. The van der Waals surface area contributed by atoms with E-state index in [1.807, 2.05) is 66.7 Å². The van der Waals surface area contributed by atoms with Crippen LogP contribution in [0.1, 0.15) is 10.6 Å². The second kappa shape index (κ2) is 4.94. The highest BCUT2D eigenvalue weighted by Gasteiger charge is 2.13.